The van der Waals surface area contributed by atoms with Gasteiger partial charge in [-0.05, 0) is 29.4 Å². The minimum Gasteiger partial charge on any atom is -0.362 e. The van der Waals surface area contributed by atoms with Crippen LogP contribution < -0.4 is 5.32 Å². The lowest BCUT2D eigenvalue weighted by atomic mass is 9.64. The molecular formula is C23H26N2O4. The summed E-state index contributed by atoms with van der Waals surface area (Å²) < 4.78 is 0. The summed E-state index contributed by atoms with van der Waals surface area (Å²) in [6, 6.07) is 6.40. The van der Waals surface area contributed by atoms with Crippen LogP contribution >= 0.6 is 0 Å². The molecule has 6 nitrogen and oxygen atoms in total. The molecule has 152 valence electrons. The van der Waals surface area contributed by atoms with Crippen LogP contribution in [0.1, 0.15) is 64.9 Å². The van der Waals surface area contributed by atoms with Gasteiger partial charge in [-0.25, -0.2) is 0 Å². The molecule has 4 rings (SSSR count). The van der Waals surface area contributed by atoms with E-state index < -0.39 is 10.3 Å². The number of nitrogens with zero attached hydrogens (tertiary/aromatic N) is 1. The highest BCUT2D eigenvalue weighted by molar-refractivity contribution is 6.01. The normalized spacial score (nSPS) is 25.3. The van der Waals surface area contributed by atoms with E-state index >= 15 is 0 Å². The van der Waals surface area contributed by atoms with Crippen LogP contribution in [-0.2, 0) is 9.59 Å². The number of nitro groups is 1. The molecule has 0 spiro atoms. The first-order valence-electron chi connectivity index (χ1n) is 10.0. The van der Waals surface area contributed by atoms with Crippen molar-refractivity contribution in [2.75, 3.05) is 0 Å². The van der Waals surface area contributed by atoms with E-state index in [-0.39, 0.29) is 28.6 Å². The van der Waals surface area contributed by atoms with Gasteiger partial charge >= 0.3 is 0 Å². The van der Waals surface area contributed by atoms with Gasteiger partial charge in [0.1, 0.15) is 5.78 Å². The van der Waals surface area contributed by atoms with E-state index in [1.54, 1.807) is 12.1 Å². The number of allylic oxidation sites excluding steroid dienone is 4. The number of rotatable bonds is 2. The average molecular weight is 394 g/mol. The zero-order valence-corrected chi connectivity index (χ0v) is 17.3. The molecule has 2 aliphatic carbocycles. The van der Waals surface area contributed by atoms with Crippen molar-refractivity contribution in [1.82, 2.24) is 5.32 Å². The molecule has 0 aromatic heterocycles. The summed E-state index contributed by atoms with van der Waals surface area (Å²) in [4.78, 5) is 36.6. The quantitative estimate of drug-likeness (QED) is 0.586. The Hall–Kier alpha value is -2.76. The number of nitro benzene ring substituents is 1. The highest BCUT2D eigenvalue weighted by atomic mass is 16.6. The molecule has 1 atom stereocenters. The average Bonchev–Trinajstić information content (AvgIpc) is 2.60. The molecule has 1 heterocycles. The lowest BCUT2D eigenvalue weighted by molar-refractivity contribution is -0.384. The molecule has 0 amide bonds. The van der Waals surface area contributed by atoms with Gasteiger partial charge in [-0.2, -0.15) is 0 Å². The predicted octanol–water partition coefficient (Wildman–Crippen LogP) is 4.57. The van der Waals surface area contributed by atoms with E-state index in [4.69, 9.17) is 0 Å². The van der Waals surface area contributed by atoms with Gasteiger partial charge in [-0.3, -0.25) is 19.7 Å². The largest absolute Gasteiger partial charge is 0.362 e. The standard InChI is InChI=1S/C23H26N2O4/c1-22(2)10-17-21(18(26)12-22)20(13-5-7-14(8-6-13)25(28)29)15-9-19(27)23(3,4)11-16(15)24-17/h5-8,20,24H,9-12H2,1-4H3. The molecule has 1 aromatic carbocycles. The van der Waals surface area contributed by atoms with Crippen LogP contribution in [0.25, 0.3) is 0 Å². The van der Waals surface area contributed by atoms with Crippen LogP contribution in [0.3, 0.4) is 0 Å². The van der Waals surface area contributed by atoms with E-state index in [2.05, 4.69) is 19.2 Å². The fraction of sp³-hybridized carbons (Fsp3) is 0.478. The molecular weight excluding hydrogens is 368 g/mol. The third kappa shape index (κ3) is 3.30. The van der Waals surface area contributed by atoms with E-state index in [0.29, 0.717) is 19.3 Å². The number of nitrogens with one attached hydrogen (secondary N) is 1. The second kappa shape index (κ2) is 6.37. The number of non-ortho nitro benzene ring substituents is 1. The summed E-state index contributed by atoms with van der Waals surface area (Å²) in [5.74, 6) is -0.0563. The second-order valence-electron chi connectivity index (χ2n) is 9.90. The Bertz CT molecular complexity index is 996. The molecule has 6 heteroatoms. The predicted molar refractivity (Wildman–Crippen MR) is 109 cm³/mol. The number of carbonyl (C=O) groups is 2. The number of dihydropyridines is 1. The third-order valence-corrected chi connectivity index (χ3v) is 6.41. The molecule has 1 unspecified atom stereocenters. The van der Waals surface area contributed by atoms with Crippen LogP contribution in [0.5, 0.6) is 0 Å². The maximum absolute atomic E-state index is 13.2. The SMILES string of the molecule is CC1(C)CC(=O)C2=C(C1)NC1=C(CC(=O)C(C)(C)C1)C2c1ccc([N+](=O)[O-])cc1. The maximum Gasteiger partial charge on any atom is 0.269 e. The van der Waals surface area contributed by atoms with Gasteiger partial charge in [0.2, 0.25) is 0 Å². The Morgan fingerprint density at radius 2 is 1.66 bits per heavy atom. The Kier molecular flexibility index (Phi) is 4.30. The molecule has 0 fully saturated rings. The monoisotopic (exact) mass is 394 g/mol. The molecule has 1 N–H and O–H groups in total. The number of ketones is 2. The zero-order chi connectivity index (χ0) is 21.1. The molecule has 0 bridgehead atoms. The summed E-state index contributed by atoms with van der Waals surface area (Å²) in [5.41, 5.74) is 3.92. The number of carbonyl (C=O) groups excluding carboxylic acids is 2. The van der Waals surface area contributed by atoms with Gasteiger partial charge in [0.25, 0.3) is 5.69 Å². The molecule has 3 aliphatic rings. The number of Topliss-reactive ketones (excluding diaryl/α,β-unsaturated/α-hetero) is 2. The van der Waals surface area contributed by atoms with E-state index in [9.17, 15) is 19.7 Å². The first-order chi connectivity index (χ1) is 13.5. The summed E-state index contributed by atoms with van der Waals surface area (Å²) in [5, 5.41) is 14.6. The number of benzene rings is 1. The first-order valence-corrected chi connectivity index (χ1v) is 10.0. The van der Waals surface area contributed by atoms with Crippen molar-refractivity contribution in [3.8, 4) is 0 Å². The fourth-order valence-corrected chi connectivity index (χ4v) is 4.87. The molecule has 1 aromatic rings. The van der Waals surface area contributed by atoms with Crippen LogP contribution in [0.4, 0.5) is 5.69 Å². The molecule has 1 aliphatic heterocycles. The molecule has 0 saturated carbocycles. The van der Waals surface area contributed by atoms with Crippen molar-refractivity contribution >= 4 is 17.3 Å². The summed E-state index contributed by atoms with van der Waals surface area (Å²) in [6.45, 7) is 8.11. The van der Waals surface area contributed by atoms with Gasteiger partial charge in [-0.15, -0.1) is 0 Å². The van der Waals surface area contributed by atoms with Crippen molar-refractivity contribution in [3.05, 3.63) is 62.5 Å². The Labute approximate surface area is 170 Å². The van der Waals surface area contributed by atoms with Crippen molar-refractivity contribution in [1.29, 1.82) is 0 Å². The molecule has 0 saturated heterocycles. The summed E-state index contributed by atoms with van der Waals surface area (Å²) >= 11 is 0. The van der Waals surface area contributed by atoms with Gasteiger partial charge in [0.05, 0.1) is 4.92 Å². The van der Waals surface area contributed by atoms with Crippen molar-refractivity contribution in [2.24, 2.45) is 10.8 Å². The molecule has 29 heavy (non-hydrogen) atoms. The van der Waals surface area contributed by atoms with Gasteiger partial charge in [0.15, 0.2) is 5.78 Å². The van der Waals surface area contributed by atoms with Gasteiger partial charge in [-0.1, -0.05) is 39.8 Å². The van der Waals surface area contributed by atoms with E-state index in [1.807, 2.05) is 13.8 Å². The summed E-state index contributed by atoms with van der Waals surface area (Å²) in [6.07, 6.45) is 2.13. The van der Waals surface area contributed by atoms with Gasteiger partial charge in [0, 0.05) is 53.3 Å². The van der Waals surface area contributed by atoms with Crippen LogP contribution in [0.15, 0.2) is 46.8 Å². The fourth-order valence-electron chi connectivity index (χ4n) is 4.87. The lowest BCUT2D eigenvalue weighted by Crippen LogP contribution is -2.42. The highest BCUT2D eigenvalue weighted by Gasteiger charge is 2.45. The van der Waals surface area contributed by atoms with Crippen LogP contribution in [0.2, 0.25) is 0 Å². The van der Waals surface area contributed by atoms with Crippen molar-refractivity contribution < 1.29 is 14.5 Å². The number of hydrogen-bond donors (Lipinski definition) is 1. The van der Waals surface area contributed by atoms with Crippen molar-refractivity contribution in [3.63, 3.8) is 0 Å². The zero-order valence-electron chi connectivity index (χ0n) is 17.3. The van der Waals surface area contributed by atoms with Crippen LogP contribution in [0, 0.1) is 20.9 Å². The minimum absolute atomic E-state index is 0.0167. The number of hydrogen-bond acceptors (Lipinski definition) is 5. The first kappa shape index (κ1) is 19.6. The van der Waals surface area contributed by atoms with Crippen molar-refractivity contribution in [2.45, 2.75) is 59.3 Å². The Balaban J connectivity index is 1.86. The van der Waals surface area contributed by atoms with E-state index in [0.717, 1.165) is 34.5 Å². The highest BCUT2D eigenvalue weighted by Crippen LogP contribution is 2.51. The second-order valence-corrected chi connectivity index (χ2v) is 9.90. The topological polar surface area (TPSA) is 89.3 Å². The van der Waals surface area contributed by atoms with Crippen LogP contribution in [-0.4, -0.2) is 16.5 Å². The van der Waals surface area contributed by atoms with E-state index in [1.165, 1.54) is 12.1 Å². The smallest absolute Gasteiger partial charge is 0.269 e. The molecule has 0 radical (unpaired) electrons. The summed E-state index contributed by atoms with van der Waals surface area (Å²) in [7, 11) is 0. The third-order valence-electron chi connectivity index (χ3n) is 6.41. The lowest BCUT2D eigenvalue weighted by Gasteiger charge is -2.44. The van der Waals surface area contributed by atoms with Gasteiger partial charge < -0.3 is 5.32 Å². The Morgan fingerprint density at radius 3 is 2.28 bits per heavy atom. The Morgan fingerprint density at radius 1 is 1.00 bits per heavy atom. The minimum atomic E-state index is -0.446. The maximum atomic E-state index is 13.2.